The second-order valence-electron chi connectivity index (χ2n) is 7.44. The Kier molecular flexibility index (Phi) is 6.40. The molecule has 0 amide bonds. The van der Waals surface area contributed by atoms with E-state index in [1.807, 2.05) is 0 Å². The average Bonchev–Trinajstić information content (AvgIpc) is 3.00. The fourth-order valence-electron chi connectivity index (χ4n) is 3.55. The van der Waals surface area contributed by atoms with Crippen molar-refractivity contribution >= 4 is 29.9 Å². The molecular weight excluding hydrogens is 448 g/mol. The van der Waals surface area contributed by atoms with E-state index in [0.29, 0.717) is 0 Å². The molecule has 3 rings (SSSR count). The van der Waals surface area contributed by atoms with Crippen LogP contribution in [0, 0.1) is 0 Å². The normalized spacial score (nSPS) is 21.7. The van der Waals surface area contributed by atoms with Gasteiger partial charge in [-0.05, 0) is 37.6 Å². The van der Waals surface area contributed by atoms with E-state index in [2.05, 4.69) is 4.72 Å². The van der Waals surface area contributed by atoms with Crippen molar-refractivity contribution < 1.29 is 25.3 Å². The van der Waals surface area contributed by atoms with E-state index in [1.54, 1.807) is 43.3 Å². The zero-order valence-electron chi connectivity index (χ0n) is 16.4. The summed E-state index contributed by atoms with van der Waals surface area (Å²) in [6, 6.07) is 15.4. The number of hydrogen-bond donors (Lipinski definition) is 1. The lowest BCUT2D eigenvalue weighted by atomic mass is 10.0. The molecule has 0 bridgehead atoms. The molecule has 1 heterocycles. The number of sulfone groups is 1. The molecule has 2 aromatic carbocycles. The molecule has 0 saturated carbocycles. The third-order valence-corrected chi connectivity index (χ3v) is 10.5. The number of benzene rings is 2. The van der Waals surface area contributed by atoms with Gasteiger partial charge in [-0.3, -0.25) is 0 Å². The standard InChI is InChI=1S/C19H24N2O6S3/c1-19(12-15-28(22,23)16-19)21(30(26,27)18-10-6-3-7-11-18)14-13-20-29(24,25)17-8-4-2-5-9-17/h2-11,20H,12-16H2,1H3/t19-/m0/s1. The van der Waals surface area contributed by atoms with Crippen LogP contribution in [0.25, 0.3) is 0 Å². The number of hydrogen-bond acceptors (Lipinski definition) is 6. The van der Waals surface area contributed by atoms with Gasteiger partial charge in [-0.15, -0.1) is 0 Å². The molecule has 8 nitrogen and oxygen atoms in total. The van der Waals surface area contributed by atoms with Crippen LogP contribution in [0.15, 0.2) is 70.5 Å². The highest BCUT2D eigenvalue weighted by Crippen LogP contribution is 2.33. The molecular formula is C19H24N2O6S3. The minimum Gasteiger partial charge on any atom is -0.229 e. The Morgan fingerprint density at radius 1 is 0.933 bits per heavy atom. The third-order valence-electron chi connectivity index (χ3n) is 5.08. The van der Waals surface area contributed by atoms with Gasteiger partial charge in [0.1, 0.15) is 0 Å². The van der Waals surface area contributed by atoms with Crippen molar-refractivity contribution in [3.05, 3.63) is 60.7 Å². The van der Waals surface area contributed by atoms with Crippen LogP contribution in [-0.4, -0.2) is 59.7 Å². The molecule has 1 fully saturated rings. The molecule has 0 unspecified atom stereocenters. The molecule has 1 saturated heterocycles. The van der Waals surface area contributed by atoms with Crippen LogP contribution in [0.3, 0.4) is 0 Å². The Labute approximate surface area is 177 Å². The number of rotatable bonds is 8. The molecule has 164 valence electrons. The molecule has 1 aliphatic heterocycles. The highest BCUT2D eigenvalue weighted by atomic mass is 32.2. The van der Waals surface area contributed by atoms with Gasteiger partial charge in [0.05, 0.1) is 21.3 Å². The molecule has 1 atom stereocenters. The summed E-state index contributed by atoms with van der Waals surface area (Å²) >= 11 is 0. The van der Waals surface area contributed by atoms with E-state index >= 15 is 0 Å². The predicted molar refractivity (Wildman–Crippen MR) is 114 cm³/mol. The van der Waals surface area contributed by atoms with Crippen LogP contribution >= 0.6 is 0 Å². The van der Waals surface area contributed by atoms with Gasteiger partial charge < -0.3 is 0 Å². The minimum atomic E-state index is -4.04. The first-order valence-corrected chi connectivity index (χ1v) is 14.0. The van der Waals surface area contributed by atoms with Gasteiger partial charge in [-0.25, -0.2) is 30.0 Å². The van der Waals surface area contributed by atoms with Crippen molar-refractivity contribution in [2.75, 3.05) is 24.6 Å². The Bertz CT molecular complexity index is 1200. The van der Waals surface area contributed by atoms with Crippen LogP contribution in [-0.2, 0) is 29.9 Å². The van der Waals surface area contributed by atoms with Gasteiger partial charge >= 0.3 is 0 Å². The zero-order chi connectivity index (χ0) is 22.0. The van der Waals surface area contributed by atoms with E-state index in [4.69, 9.17) is 0 Å². The highest BCUT2D eigenvalue weighted by Gasteiger charge is 2.47. The molecule has 0 aliphatic carbocycles. The first-order valence-electron chi connectivity index (χ1n) is 9.29. The average molecular weight is 473 g/mol. The van der Waals surface area contributed by atoms with E-state index < -0.39 is 35.4 Å². The summed E-state index contributed by atoms with van der Waals surface area (Å²) in [7, 11) is -11.2. The zero-order valence-corrected chi connectivity index (χ0v) is 18.9. The maximum absolute atomic E-state index is 13.3. The van der Waals surface area contributed by atoms with Crippen molar-refractivity contribution in [1.29, 1.82) is 0 Å². The summed E-state index contributed by atoms with van der Waals surface area (Å²) in [5.74, 6) is -0.419. The van der Waals surface area contributed by atoms with Gasteiger partial charge in [-0.2, -0.15) is 4.31 Å². The summed E-state index contributed by atoms with van der Waals surface area (Å²) in [6.45, 7) is 1.19. The molecule has 2 aromatic rings. The maximum Gasteiger partial charge on any atom is 0.243 e. The van der Waals surface area contributed by atoms with E-state index in [-0.39, 0.29) is 40.8 Å². The highest BCUT2D eigenvalue weighted by molar-refractivity contribution is 7.92. The van der Waals surface area contributed by atoms with E-state index in [9.17, 15) is 25.3 Å². The van der Waals surface area contributed by atoms with Crippen LogP contribution in [0.2, 0.25) is 0 Å². The van der Waals surface area contributed by atoms with Gasteiger partial charge in [0, 0.05) is 18.6 Å². The lowest BCUT2D eigenvalue weighted by molar-refractivity contribution is 0.236. The Morgan fingerprint density at radius 2 is 1.47 bits per heavy atom. The fourth-order valence-corrected chi connectivity index (χ4v) is 8.64. The summed E-state index contributed by atoms with van der Waals surface area (Å²) in [5, 5.41) is 0. The molecule has 0 radical (unpaired) electrons. The lowest BCUT2D eigenvalue weighted by Crippen LogP contribution is -2.53. The Morgan fingerprint density at radius 3 is 1.97 bits per heavy atom. The van der Waals surface area contributed by atoms with Crippen LogP contribution in [0.5, 0.6) is 0 Å². The van der Waals surface area contributed by atoms with Crippen molar-refractivity contribution in [3.8, 4) is 0 Å². The molecule has 1 aliphatic rings. The fraction of sp³-hybridized carbons (Fsp3) is 0.368. The molecule has 0 spiro atoms. The van der Waals surface area contributed by atoms with Crippen molar-refractivity contribution in [1.82, 2.24) is 9.03 Å². The van der Waals surface area contributed by atoms with Crippen LogP contribution < -0.4 is 4.72 Å². The van der Waals surface area contributed by atoms with Crippen molar-refractivity contribution in [2.45, 2.75) is 28.7 Å². The SMILES string of the molecule is C[C@]1(N(CCNS(=O)(=O)c2ccccc2)S(=O)(=O)c2ccccc2)CCS(=O)(=O)C1. The summed E-state index contributed by atoms with van der Waals surface area (Å²) < 4.78 is 79.3. The molecule has 11 heteroatoms. The topological polar surface area (TPSA) is 118 Å². The maximum atomic E-state index is 13.3. The number of nitrogens with zero attached hydrogens (tertiary/aromatic N) is 1. The first-order chi connectivity index (χ1) is 14.0. The third kappa shape index (κ3) is 4.92. The van der Waals surface area contributed by atoms with Gasteiger partial charge in [0.2, 0.25) is 20.0 Å². The molecule has 1 N–H and O–H groups in total. The monoisotopic (exact) mass is 472 g/mol. The van der Waals surface area contributed by atoms with Gasteiger partial charge in [0.15, 0.2) is 9.84 Å². The van der Waals surface area contributed by atoms with E-state index in [0.717, 1.165) is 4.31 Å². The Hall–Kier alpha value is -1.79. The largest absolute Gasteiger partial charge is 0.243 e. The van der Waals surface area contributed by atoms with E-state index in [1.165, 1.54) is 24.3 Å². The number of sulfonamides is 2. The van der Waals surface area contributed by atoms with Crippen LogP contribution in [0.1, 0.15) is 13.3 Å². The minimum absolute atomic E-state index is 0.0291. The molecule has 30 heavy (non-hydrogen) atoms. The Balaban J connectivity index is 1.88. The smallest absolute Gasteiger partial charge is 0.229 e. The van der Waals surface area contributed by atoms with Crippen LogP contribution in [0.4, 0.5) is 0 Å². The van der Waals surface area contributed by atoms with Gasteiger partial charge in [-0.1, -0.05) is 36.4 Å². The lowest BCUT2D eigenvalue weighted by Gasteiger charge is -2.36. The summed E-state index contributed by atoms with van der Waals surface area (Å²) in [5.41, 5.74) is -1.16. The van der Waals surface area contributed by atoms with Gasteiger partial charge in [0.25, 0.3) is 0 Å². The predicted octanol–water partition coefficient (Wildman–Crippen LogP) is 1.23. The quantitative estimate of drug-likeness (QED) is 0.618. The number of nitrogens with one attached hydrogen (secondary N) is 1. The van der Waals surface area contributed by atoms with Crippen molar-refractivity contribution in [2.24, 2.45) is 0 Å². The summed E-state index contributed by atoms with van der Waals surface area (Å²) in [4.78, 5) is 0.0959. The van der Waals surface area contributed by atoms with Crippen molar-refractivity contribution in [3.63, 3.8) is 0 Å². The second kappa shape index (κ2) is 8.39. The second-order valence-corrected chi connectivity index (χ2v) is 13.3. The first kappa shape index (κ1) is 22.9. The molecule has 0 aromatic heterocycles. The summed E-state index contributed by atoms with van der Waals surface area (Å²) in [6.07, 6.45) is 0.146.